The lowest BCUT2D eigenvalue weighted by Crippen LogP contribution is -2.31. The van der Waals surface area contributed by atoms with Crippen molar-refractivity contribution in [2.45, 2.75) is 36.8 Å². The maximum atomic E-state index is 12.5. The number of amides is 1. The number of ether oxygens (including phenoxy) is 2. The Morgan fingerprint density at radius 1 is 1.18 bits per heavy atom. The molecule has 1 aliphatic rings. The number of nitrogens with one attached hydrogen (secondary N) is 1. The predicted octanol–water partition coefficient (Wildman–Crippen LogP) is 3.99. The van der Waals surface area contributed by atoms with Crippen LogP contribution in [0.2, 0.25) is 0 Å². The van der Waals surface area contributed by atoms with Crippen LogP contribution in [0, 0.1) is 0 Å². The first-order valence-corrected chi connectivity index (χ1v) is 10.5. The monoisotopic (exact) mass is 399 g/mol. The molecule has 2 atom stereocenters. The Labute approximate surface area is 169 Å². The molecule has 0 saturated carbocycles. The lowest BCUT2D eigenvalue weighted by atomic mass is 10.1. The van der Waals surface area contributed by atoms with Gasteiger partial charge in [0, 0.05) is 17.3 Å². The van der Waals surface area contributed by atoms with Crippen molar-refractivity contribution in [3.8, 4) is 0 Å². The van der Waals surface area contributed by atoms with E-state index in [-0.39, 0.29) is 24.7 Å². The van der Waals surface area contributed by atoms with Crippen LogP contribution in [0.5, 0.6) is 0 Å². The second-order valence-corrected chi connectivity index (χ2v) is 7.78. The van der Waals surface area contributed by atoms with Gasteiger partial charge in [-0.25, -0.2) is 4.79 Å². The Kier molecular flexibility index (Phi) is 7.51. The van der Waals surface area contributed by atoms with Crippen LogP contribution in [-0.4, -0.2) is 36.9 Å². The topological polar surface area (TPSA) is 64.6 Å². The van der Waals surface area contributed by atoms with Crippen molar-refractivity contribution in [3.05, 3.63) is 65.7 Å². The van der Waals surface area contributed by atoms with Crippen molar-refractivity contribution in [3.63, 3.8) is 0 Å². The zero-order valence-corrected chi connectivity index (χ0v) is 16.7. The maximum absolute atomic E-state index is 12.5. The largest absolute Gasteiger partial charge is 0.452 e. The second-order valence-electron chi connectivity index (χ2n) is 6.72. The van der Waals surface area contributed by atoms with Gasteiger partial charge in [0.2, 0.25) is 0 Å². The van der Waals surface area contributed by atoms with Crippen LogP contribution in [-0.2, 0) is 14.3 Å². The van der Waals surface area contributed by atoms with Crippen LogP contribution in [0.25, 0.3) is 0 Å². The van der Waals surface area contributed by atoms with E-state index in [4.69, 9.17) is 9.47 Å². The standard InChI is InChI=1S/C22H25NO4S/c1-16(17-8-3-2-4-9-17)23-21(24)14-27-22(25)19-11-5-6-12-20(19)28-15-18-10-7-13-26-18/h2-6,8-9,11-12,16,18H,7,10,13-15H2,1H3,(H,23,24)/t16-,18-/m1/s1. The van der Waals surface area contributed by atoms with Gasteiger partial charge in [0.25, 0.3) is 5.91 Å². The highest BCUT2D eigenvalue weighted by atomic mass is 32.2. The summed E-state index contributed by atoms with van der Waals surface area (Å²) in [4.78, 5) is 25.5. The van der Waals surface area contributed by atoms with Crippen LogP contribution >= 0.6 is 11.8 Å². The number of rotatable bonds is 8. The molecule has 6 heteroatoms. The van der Waals surface area contributed by atoms with Gasteiger partial charge < -0.3 is 14.8 Å². The number of esters is 1. The Hall–Kier alpha value is -2.31. The Balaban J connectivity index is 1.50. The maximum Gasteiger partial charge on any atom is 0.339 e. The lowest BCUT2D eigenvalue weighted by molar-refractivity contribution is -0.124. The highest BCUT2D eigenvalue weighted by Gasteiger charge is 2.19. The number of thioether (sulfide) groups is 1. The molecule has 1 heterocycles. The molecule has 0 unspecified atom stereocenters. The van der Waals surface area contributed by atoms with Crippen LogP contribution < -0.4 is 5.32 Å². The summed E-state index contributed by atoms with van der Waals surface area (Å²) in [6.07, 6.45) is 2.38. The van der Waals surface area contributed by atoms with Crippen molar-refractivity contribution >= 4 is 23.6 Å². The first-order valence-electron chi connectivity index (χ1n) is 9.48. The van der Waals surface area contributed by atoms with E-state index in [2.05, 4.69) is 5.32 Å². The molecular weight excluding hydrogens is 374 g/mol. The molecular formula is C22H25NO4S. The average molecular weight is 400 g/mol. The first-order chi connectivity index (χ1) is 13.6. The minimum Gasteiger partial charge on any atom is -0.452 e. The van der Waals surface area contributed by atoms with Gasteiger partial charge in [-0.15, -0.1) is 11.8 Å². The third-order valence-corrected chi connectivity index (χ3v) is 5.77. The van der Waals surface area contributed by atoms with Crippen molar-refractivity contribution in [2.75, 3.05) is 19.0 Å². The SMILES string of the molecule is C[C@@H](NC(=O)COC(=O)c1ccccc1SC[C@H]1CCCO1)c1ccccc1. The molecule has 148 valence electrons. The van der Waals surface area contributed by atoms with Gasteiger partial charge in [-0.2, -0.15) is 0 Å². The highest BCUT2D eigenvalue weighted by molar-refractivity contribution is 7.99. The van der Waals surface area contributed by atoms with E-state index in [0.29, 0.717) is 5.56 Å². The molecule has 1 saturated heterocycles. The summed E-state index contributed by atoms with van der Waals surface area (Å²) < 4.78 is 10.9. The first kappa shape index (κ1) is 20.4. The third kappa shape index (κ3) is 5.84. The number of hydrogen-bond donors (Lipinski definition) is 1. The van der Waals surface area contributed by atoms with Crippen LogP contribution in [0.1, 0.15) is 41.7 Å². The van der Waals surface area contributed by atoms with Crippen molar-refractivity contribution in [1.29, 1.82) is 0 Å². The molecule has 2 aromatic carbocycles. The summed E-state index contributed by atoms with van der Waals surface area (Å²) in [5.74, 6) is -0.00790. The molecule has 2 aromatic rings. The smallest absolute Gasteiger partial charge is 0.339 e. The molecule has 0 bridgehead atoms. The van der Waals surface area contributed by atoms with Crippen LogP contribution in [0.15, 0.2) is 59.5 Å². The fourth-order valence-corrected chi connectivity index (χ4v) is 4.15. The summed E-state index contributed by atoms with van der Waals surface area (Å²) in [6.45, 7) is 2.40. The molecule has 1 N–H and O–H groups in total. The number of carbonyl (C=O) groups excluding carboxylic acids is 2. The van der Waals surface area contributed by atoms with E-state index >= 15 is 0 Å². The Bertz CT molecular complexity index is 790. The molecule has 1 fully saturated rings. The zero-order valence-electron chi connectivity index (χ0n) is 15.9. The Morgan fingerprint density at radius 3 is 2.68 bits per heavy atom. The van der Waals surface area contributed by atoms with Crippen molar-refractivity contribution in [2.24, 2.45) is 0 Å². The van der Waals surface area contributed by atoms with Gasteiger partial charge in [-0.3, -0.25) is 4.79 Å². The van der Waals surface area contributed by atoms with E-state index in [9.17, 15) is 9.59 Å². The molecule has 0 aromatic heterocycles. The molecule has 0 spiro atoms. The molecule has 5 nitrogen and oxygen atoms in total. The summed E-state index contributed by atoms with van der Waals surface area (Å²) in [5.41, 5.74) is 1.48. The van der Waals surface area contributed by atoms with Gasteiger partial charge in [-0.05, 0) is 37.5 Å². The molecule has 28 heavy (non-hydrogen) atoms. The van der Waals surface area contributed by atoms with Crippen LogP contribution in [0.4, 0.5) is 0 Å². The number of hydrogen-bond acceptors (Lipinski definition) is 5. The minimum absolute atomic E-state index is 0.151. The van der Waals surface area contributed by atoms with E-state index in [0.717, 1.165) is 35.7 Å². The Morgan fingerprint density at radius 2 is 1.93 bits per heavy atom. The average Bonchev–Trinajstić information content (AvgIpc) is 3.25. The number of benzene rings is 2. The quantitative estimate of drug-likeness (QED) is 0.537. The summed E-state index contributed by atoms with van der Waals surface area (Å²) >= 11 is 1.59. The fourth-order valence-electron chi connectivity index (χ4n) is 3.04. The summed E-state index contributed by atoms with van der Waals surface area (Å²) in [7, 11) is 0. The molecule has 0 radical (unpaired) electrons. The summed E-state index contributed by atoms with van der Waals surface area (Å²) in [6, 6.07) is 16.8. The van der Waals surface area contributed by atoms with Gasteiger partial charge >= 0.3 is 5.97 Å². The molecule has 0 aliphatic carbocycles. The van der Waals surface area contributed by atoms with E-state index in [1.54, 1.807) is 23.9 Å². The summed E-state index contributed by atoms with van der Waals surface area (Å²) in [5, 5.41) is 2.84. The number of carbonyl (C=O) groups is 2. The molecule has 1 amide bonds. The van der Waals surface area contributed by atoms with Crippen molar-refractivity contribution < 1.29 is 19.1 Å². The minimum atomic E-state index is -0.488. The van der Waals surface area contributed by atoms with Crippen molar-refractivity contribution in [1.82, 2.24) is 5.32 Å². The lowest BCUT2D eigenvalue weighted by Gasteiger charge is -2.15. The van der Waals surface area contributed by atoms with Gasteiger partial charge in [0.1, 0.15) is 0 Å². The zero-order chi connectivity index (χ0) is 19.8. The van der Waals surface area contributed by atoms with Gasteiger partial charge in [-0.1, -0.05) is 42.5 Å². The highest BCUT2D eigenvalue weighted by Crippen LogP contribution is 2.27. The van der Waals surface area contributed by atoms with E-state index < -0.39 is 5.97 Å². The van der Waals surface area contributed by atoms with Gasteiger partial charge in [0.05, 0.1) is 17.7 Å². The fraction of sp³-hybridized carbons (Fsp3) is 0.364. The molecule has 3 rings (SSSR count). The second kappa shape index (κ2) is 10.3. The van der Waals surface area contributed by atoms with Crippen LogP contribution in [0.3, 0.4) is 0 Å². The normalized spacial score (nSPS) is 17.1. The molecule has 1 aliphatic heterocycles. The van der Waals surface area contributed by atoms with E-state index in [1.807, 2.05) is 49.4 Å². The predicted molar refractivity (Wildman–Crippen MR) is 109 cm³/mol. The van der Waals surface area contributed by atoms with E-state index in [1.165, 1.54) is 0 Å². The third-order valence-electron chi connectivity index (χ3n) is 4.57. The van der Waals surface area contributed by atoms with Gasteiger partial charge in [0.15, 0.2) is 6.61 Å².